The van der Waals surface area contributed by atoms with Crippen molar-refractivity contribution in [2.24, 2.45) is 0 Å². The van der Waals surface area contributed by atoms with Crippen LogP contribution in [0.1, 0.15) is 31.0 Å². The number of nitrogens with two attached hydrogens (primary N) is 1. The van der Waals surface area contributed by atoms with E-state index in [1.165, 1.54) is 12.1 Å². The van der Waals surface area contributed by atoms with Crippen molar-refractivity contribution < 1.29 is 4.39 Å². The number of nitrogen functional groups attached to an aromatic ring is 1. The molecular weight excluding hydrogens is 257 g/mol. The number of nitrogens with one attached hydrogen (secondary N) is 1. The van der Waals surface area contributed by atoms with Crippen molar-refractivity contribution in [1.82, 2.24) is 20.0 Å². The van der Waals surface area contributed by atoms with Gasteiger partial charge in [0.25, 0.3) is 0 Å². The van der Waals surface area contributed by atoms with E-state index in [2.05, 4.69) is 29.1 Å². The molecule has 5 nitrogen and oxygen atoms in total. The normalized spacial score (nSPS) is 11.6. The van der Waals surface area contributed by atoms with Crippen molar-refractivity contribution in [2.75, 3.05) is 5.73 Å². The fourth-order valence-corrected chi connectivity index (χ4v) is 2.33. The first-order chi connectivity index (χ1) is 9.56. The molecular formula is C14H16FN5. The van der Waals surface area contributed by atoms with Gasteiger partial charge in [-0.25, -0.2) is 9.07 Å². The van der Waals surface area contributed by atoms with Crippen LogP contribution in [0.15, 0.2) is 24.3 Å². The lowest BCUT2D eigenvalue weighted by Crippen LogP contribution is -2.04. The first kappa shape index (κ1) is 12.7. The molecule has 0 aliphatic heterocycles. The molecule has 20 heavy (non-hydrogen) atoms. The topological polar surface area (TPSA) is 72.5 Å². The Morgan fingerprint density at radius 2 is 2.20 bits per heavy atom. The van der Waals surface area contributed by atoms with Gasteiger partial charge in [-0.2, -0.15) is 10.2 Å². The number of nitrogens with zero attached hydrogens (tertiary/aromatic N) is 3. The molecule has 0 bridgehead atoms. The zero-order valence-electron chi connectivity index (χ0n) is 11.4. The molecule has 3 aromatic rings. The fourth-order valence-electron chi connectivity index (χ4n) is 2.33. The Balaban J connectivity index is 2.08. The van der Waals surface area contributed by atoms with Gasteiger partial charge < -0.3 is 5.73 Å². The summed E-state index contributed by atoms with van der Waals surface area (Å²) in [5.74, 6) is 0.511. The molecule has 1 aromatic carbocycles. The summed E-state index contributed by atoms with van der Waals surface area (Å²) < 4.78 is 15.0. The third-order valence-corrected chi connectivity index (χ3v) is 3.27. The maximum absolute atomic E-state index is 13.2. The number of rotatable bonds is 3. The Labute approximate surface area is 115 Å². The van der Waals surface area contributed by atoms with Gasteiger partial charge in [0.2, 0.25) is 0 Å². The predicted octanol–water partition coefficient (Wildman–Crippen LogP) is 2.65. The van der Waals surface area contributed by atoms with E-state index in [1.54, 1.807) is 10.7 Å². The smallest absolute Gasteiger partial charge is 0.182 e. The summed E-state index contributed by atoms with van der Waals surface area (Å²) in [4.78, 5) is 0. The third-order valence-electron chi connectivity index (χ3n) is 3.27. The molecule has 0 radical (unpaired) electrons. The summed E-state index contributed by atoms with van der Waals surface area (Å²) in [6.07, 6.45) is 0. The van der Waals surface area contributed by atoms with E-state index in [0.717, 1.165) is 16.6 Å². The van der Waals surface area contributed by atoms with Gasteiger partial charge in [0, 0.05) is 0 Å². The van der Waals surface area contributed by atoms with Crippen LogP contribution in [0, 0.1) is 5.82 Å². The molecule has 0 fully saturated rings. The second-order valence-corrected chi connectivity index (χ2v) is 5.16. The molecule has 2 aromatic heterocycles. The number of anilines is 1. The predicted molar refractivity (Wildman–Crippen MR) is 75.9 cm³/mol. The molecule has 3 N–H and O–H groups in total. The van der Waals surface area contributed by atoms with Crippen molar-refractivity contribution in [2.45, 2.75) is 26.3 Å². The lowest BCUT2D eigenvalue weighted by Gasteiger charge is -2.03. The summed E-state index contributed by atoms with van der Waals surface area (Å²) >= 11 is 0. The quantitative estimate of drug-likeness (QED) is 0.770. The molecule has 2 heterocycles. The zero-order chi connectivity index (χ0) is 14.3. The number of benzene rings is 1. The van der Waals surface area contributed by atoms with Gasteiger partial charge >= 0.3 is 0 Å². The van der Waals surface area contributed by atoms with Crippen LogP contribution in [0.2, 0.25) is 0 Å². The lowest BCUT2D eigenvalue weighted by molar-refractivity contribution is 0.618. The van der Waals surface area contributed by atoms with Crippen molar-refractivity contribution in [3.63, 3.8) is 0 Å². The number of aromatic nitrogens is 4. The number of hydrogen-bond donors (Lipinski definition) is 2. The highest BCUT2D eigenvalue weighted by atomic mass is 19.1. The molecule has 0 saturated carbocycles. The number of fused-ring (bicyclic) bond motifs is 1. The summed E-state index contributed by atoms with van der Waals surface area (Å²) in [5.41, 5.74) is 8.36. The molecule has 0 spiro atoms. The first-order valence-corrected chi connectivity index (χ1v) is 6.51. The van der Waals surface area contributed by atoms with E-state index >= 15 is 0 Å². The van der Waals surface area contributed by atoms with Crippen LogP contribution < -0.4 is 5.73 Å². The number of halogens is 1. The molecule has 0 amide bonds. The largest absolute Gasteiger partial charge is 0.383 e. The van der Waals surface area contributed by atoms with Gasteiger partial charge in [-0.15, -0.1) is 0 Å². The molecule has 6 heteroatoms. The van der Waals surface area contributed by atoms with E-state index in [1.807, 2.05) is 6.07 Å². The highest BCUT2D eigenvalue weighted by molar-refractivity contribution is 5.89. The highest BCUT2D eigenvalue weighted by Gasteiger charge is 2.18. The summed E-state index contributed by atoms with van der Waals surface area (Å²) in [5, 5.41) is 12.4. The summed E-state index contributed by atoms with van der Waals surface area (Å²) in [6, 6.07) is 6.47. The van der Waals surface area contributed by atoms with E-state index < -0.39 is 0 Å². The second kappa shape index (κ2) is 4.63. The minimum atomic E-state index is -0.253. The summed E-state index contributed by atoms with van der Waals surface area (Å²) in [6.45, 7) is 4.58. The van der Waals surface area contributed by atoms with Crippen LogP contribution in [0.4, 0.5) is 10.2 Å². The zero-order valence-corrected chi connectivity index (χ0v) is 11.4. The van der Waals surface area contributed by atoms with Crippen LogP contribution in [-0.2, 0) is 6.54 Å². The van der Waals surface area contributed by atoms with E-state index in [9.17, 15) is 4.39 Å². The number of hydrogen-bond acceptors (Lipinski definition) is 3. The van der Waals surface area contributed by atoms with Gasteiger partial charge in [0.05, 0.1) is 17.6 Å². The maximum Gasteiger partial charge on any atom is 0.182 e. The van der Waals surface area contributed by atoms with Crippen molar-refractivity contribution in [1.29, 1.82) is 0 Å². The molecule has 0 unspecified atom stereocenters. The third kappa shape index (κ3) is 2.03. The summed E-state index contributed by atoms with van der Waals surface area (Å²) in [7, 11) is 0. The van der Waals surface area contributed by atoms with Crippen molar-refractivity contribution in [3.05, 3.63) is 41.3 Å². The van der Waals surface area contributed by atoms with Crippen molar-refractivity contribution in [3.8, 4) is 0 Å². The van der Waals surface area contributed by atoms with E-state index in [0.29, 0.717) is 18.0 Å². The average molecular weight is 273 g/mol. The monoisotopic (exact) mass is 273 g/mol. The number of H-pyrrole nitrogens is 1. The van der Waals surface area contributed by atoms with Gasteiger partial charge in [0.15, 0.2) is 5.65 Å². The maximum atomic E-state index is 13.2. The van der Waals surface area contributed by atoms with Gasteiger partial charge in [-0.3, -0.25) is 5.10 Å². The minimum Gasteiger partial charge on any atom is -0.383 e. The number of aromatic amines is 1. The Kier molecular flexibility index (Phi) is 2.93. The second-order valence-electron chi connectivity index (χ2n) is 5.16. The highest BCUT2D eigenvalue weighted by Crippen LogP contribution is 2.28. The SMILES string of the molecule is CC(C)c1nn(Cc2cccc(F)c2)c2n[nH]c(N)c12. The Hall–Kier alpha value is -2.37. The van der Waals surface area contributed by atoms with Crippen molar-refractivity contribution >= 4 is 16.9 Å². The minimum absolute atomic E-state index is 0.242. The van der Waals surface area contributed by atoms with Crippen LogP contribution in [0.5, 0.6) is 0 Å². The van der Waals surface area contributed by atoms with Crippen LogP contribution in [-0.4, -0.2) is 20.0 Å². The van der Waals surface area contributed by atoms with Gasteiger partial charge in [0.1, 0.15) is 11.6 Å². The lowest BCUT2D eigenvalue weighted by atomic mass is 10.1. The van der Waals surface area contributed by atoms with Gasteiger partial charge in [-0.1, -0.05) is 26.0 Å². The van der Waals surface area contributed by atoms with Gasteiger partial charge in [-0.05, 0) is 23.6 Å². The van der Waals surface area contributed by atoms with E-state index in [-0.39, 0.29) is 11.7 Å². The Bertz CT molecular complexity index is 756. The average Bonchev–Trinajstić information content (AvgIpc) is 2.92. The standard InChI is InChI=1S/C14H16FN5/c1-8(2)12-11-13(16)17-18-14(11)20(19-12)7-9-4-3-5-10(15)6-9/h3-6,8H,7H2,1-2H3,(H3,16,17,18). The van der Waals surface area contributed by atoms with Crippen LogP contribution >= 0.6 is 0 Å². The fraction of sp³-hybridized carbons (Fsp3) is 0.286. The first-order valence-electron chi connectivity index (χ1n) is 6.51. The Morgan fingerprint density at radius 3 is 2.90 bits per heavy atom. The molecule has 3 rings (SSSR count). The molecule has 0 saturated heterocycles. The molecule has 104 valence electrons. The van der Waals surface area contributed by atoms with Crippen LogP contribution in [0.25, 0.3) is 11.0 Å². The molecule has 0 atom stereocenters. The molecule has 0 aliphatic rings. The van der Waals surface area contributed by atoms with Crippen LogP contribution in [0.3, 0.4) is 0 Å². The Morgan fingerprint density at radius 1 is 1.40 bits per heavy atom. The van der Waals surface area contributed by atoms with E-state index in [4.69, 9.17) is 5.73 Å². The molecule has 0 aliphatic carbocycles.